The number of halogens is 4. The first-order valence-corrected chi connectivity index (χ1v) is 7.87. The van der Waals surface area contributed by atoms with Crippen LogP contribution in [0, 0.1) is 0 Å². The fraction of sp³-hybridized carbons (Fsp3) is 0.312. The summed E-state index contributed by atoms with van der Waals surface area (Å²) in [6.07, 6.45) is -2.91. The summed E-state index contributed by atoms with van der Waals surface area (Å²) < 4.78 is 45.4. The lowest BCUT2D eigenvalue weighted by atomic mass is 10.1. The molecule has 1 fully saturated rings. The Morgan fingerprint density at radius 1 is 1.22 bits per heavy atom. The van der Waals surface area contributed by atoms with Gasteiger partial charge in [0.1, 0.15) is 17.3 Å². The van der Waals surface area contributed by atoms with Crippen LogP contribution >= 0.6 is 12.4 Å². The van der Waals surface area contributed by atoms with Gasteiger partial charge in [-0.05, 0) is 12.1 Å². The molecule has 1 atom stereocenters. The Morgan fingerprint density at radius 2 is 2.04 bits per heavy atom. The SMILES string of the molecule is Cl.Oc1ncc(C(F)(F)F)c(-c2c[nH]c3nc(C4CNCCO4)ccc23)n1. The van der Waals surface area contributed by atoms with E-state index in [9.17, 15) is 18.3 Å². The fourth-order valence-corrected chi connectivity index (χ4v) is 2.94. The third-order valence-electron chi connectivity index (χ3n) is 4.15. The van der Waals surface area contributed by atoms with Crippen LogP contribution in [-0.2, 0) is 10.9 Å². The van der Waals surface area contributed by atoms with Gasteiger partial charge in [-0.2, -0.15) is 18.2 Å². The van der Waals surface area contributed by atoms with Crippen LogP contribution in [0.2, 0.25) is 0 Å². The topological polar surface area (TPSA) is 96.0 Å². The molecule has 3 N–H and O–H groups in total. The Morgan fingerprint density at radius 3 is 2.74 bits per heavy atom. The molecule has 3 aromatic heterocycles. The fourth-order valence-electron chi connectivity index (χ4n) is 2.94. The number of fused-ring (bicyclic) bond motifs is 1. The van der Waals surface area contributed by atoms with Gasteiger partial charge in [-0.15, -0.1) is 12.4 Å². The molecule has 0 saturated carbocycles. The maximum absolute atomic E-state index is 13.3. The highest BCUT2D eigenvalue weighted by Gasteiger charge is 2.36. The summed E-state index contributed by atoms with van der Waals surface area (Å²) in [6, 6.07) is 2.65. The number of morpholine rings is 1. The second kappa shape index (κ2) is 7.29. The normalized spacial score (nSPS) is 17.7. The van der Waals surface area contributed by atoms with Crippen LogP contribution in [0.15, 0.2) is 24.5 Å². The first kappa shape index (κ1) is 19.3. The molecule has 0 bridgehead atoms. The number of ether oxygens (including phenoxy) is 1. The second-order valence-electron chi connectivity index (χ2n) is 5.83. The van der Waals surface area contributed by atoms with Gasteiger partial charge in [-0.1, -0.05) is 0 Å². The standard InChI is InChI=1S/C16H14F3N5O2.ClH/c17-16(18,19)10-6-22-15(25)24-13(10)9-5-21-14-8(9)1-2-11(23-14)12-7-20-3-4-26-12;/h1-2,5-6,12,20H,3-4,7H2,(H,21,23)(H,22,24,25);1H. The number of aromatic nitrogens is 4. The van der Waals surface area contributed by atoms with Crippen LogP contribution < -0.4 is 5.32 Å². The molecular formula is C16H15ClF3N5O2. The van der Waals surface area contributed by atoms with Crippen molar-refractivity contribution < 1.29 is 23.0 Å². The van der Waals surface area contributed by atoms with Crippen molar-refractivity contribution in [3.63, 3.8) is 0 Å². The summed E-state index contributed by atoms with van der Waals surface area (Å²) in [7, 11) is 0. The summed E-state index contributed by atoms with van der Waals surface area (Å²) in [5, 5.41) is 13.1. The Hall–Kier alpha value is -2.43. The van der Waals surface area contributed by atoms with Crippen LogP contribution in [-0.4, -0.2) is 44.7 Å². The van der Waals surface area contributed by atoms with Crippen molar-refractivity contribution in [2.45, 2.75) is 12.3 Å². The van der Waals surface area contributed by atoms with Gasteiger partial charge in [0.25, 0.3) is 0 Å². The number of aromatic hydroxyl groups is 1. The van der Waals surface area contributed by atoms with Crippen LogP contribution in [0.5, 0.6) is 6.01 Å². The molecule has 144 valence electrons. The molecule has 4 heterocycles. The molecule has 4 rings (SSSR count). The molecule has 7 nitrogen and oxygen atoms in total. The molecule has 0 amide bonds. The van der Waals surface area contributed by atoms with E-state index in [1.165, 1.54) is 6.20 Å². The summed E-state index contributed by atoms with van der Waals surface area (Å²) >= 11 is 0. The number of pyridine rings is 1. The summed E-state index contributed by atoms with van der Waals surface area (Å²) in [4.78, 5) is 14.2. The molecule has 1 saturated heterocycles. The van der Waals surface area contributed by atoms with E-state index in [2.05, 4.69) is 25.3 Å². The van der Waals surface area contributed by atoms with Crippen LogP contribution in [0.1, 0.15) is 17.4 Å². The van der Waals surface area contributed by atoms with Gasteiger partial charge in [0.15, 0.2) is 0 Å². The predicted molar refractivity (Wildman–Crippen MR) is 92.6 cm³/mol. The Kier molecular flexibility index (Phi) is 5.22. The molecular weight excluding hydrogens is 387 g/mol. The molecule has 27 heavy (non-hydrogen) atoms. The van der Waals surface area contributed by atoms with Gasteiger partial charge < -0.3 is 20.1 Å². The minimum absolute atomic E-state index is 0. The van der Waals surface area contributed by atoms with E-state index < -0.39 is 23.4 Å². The second-order valence-corrected chi connectivity index (χ2v) is 5.83. The van der Waals surface area contributed by atoms with E-state index in [0.717, 1.165) is 6.54 Å². The minimum Gasteiger partial charge on any atom is -0.479 e. The van der Waals surface area contributed by atoms with Gasteiger partial charge in [0.05, 0.1) is 18.0 Å². The van der Waals surface area contributed by atoms with E-state index in [1.807, 2.05) is 0 Å². The number of rotatable bonds is 2. The first-order chi connectivity index (χ1) is 12.4. The molecule has 1 aliphatic heterocycles. The van der Waals surface area contributed by atoms with Gasteiger partial charge in [0.2, 0.25) is 0 Å². The third kappa shape index (κ3) is 3.68. The molecule has 11 heteroatoms. The number of hydrogen-bond acceptors (Lipinski definition) is 6. The van der Waals surface area contributed by atoms with Crippen molar-refractivity contribution in [3.8, 4) is 17.3 Å². The number of nitrogens with one attached hydrogen (secondary N) is 2. The quantitative estimate of drug-likeness (QED) is 0.611. The average Bonchev–Trinajstić information content (AvgIpc) is 3.04. The van der Waals surface area contributed by atoms with E-state index in [0.29, 0.717) is 36.1 Å². The van der Waals surface area contributed by atoms with Crippen molar-refractivity contribution in [2.24, 2.45) is 0 Å². The highest BCUT2D eigenvalue weighted by molar-refractivity contribution is 5.93. The maximum Gasteiger partial charge on any atom is 0.420 e. The molecule has 3 aromatic rings. The van der Waals surface area contributed by atoms with Crippen molar-refractivity contribution in [3.05, 3.63) is 35.8 Å². The van der Waals surface area contributed by atoms with Crippen LogP contribution in [0.25, 0.3) is 22.3 Å². The number of nitrogens with zero attached hydrogens (tertiary/aromatic N) is 3. The molecule has 0 aliphatic carbocycles. The number of H-pyrrole nitrogens is 1. The van der Waals surface area contributed by atoms with Gasteiger partial charge in [-0.3, -0.25) is 0 Å². The van der Waals surface area contributed by atoms with Gasteiger partial charge in [0, 0.05) is 36.4 Å². The van der Waals surface area contributed by atoms with E-state index >= 15 is 0 Å². The lowest BCUT2D eigenvalue weighted by molar-refractivity contribution is -0.137. The first-order valence-electron chi connectivity index (χ1n) is 7.87. The highest BCUT2D eigenvalue weighted by Crippen LogP contribution is 2.38. The van der Waals surface area contributed by atoms with Gasteiger partial charge in [-0.25, -0.2) is 9.97 Å². The summed E-state index contributed by atoms with van der Waals surface area (Å²) in [5.74, 6) is 0. The van der Waals surface area contributed by atoms with Gasteiger partial charge >= 0.3 is 12.2 Å². The Bertz CT molecular complexity index is 957. The van der Waals surface area contributed by atoms with Crippen molar-refractivity contribution in [1.82, 2.24) is 25.3 Å². The summed E-state index contributed by atoms with van der Waals surface area (Å²) in [6.45, 7) is 1.95. The zero-order chi connectivity index (χ0) is 18.3. The number of alkyl halides is 3. The van der Waals surface area contributed by atoms with Crippen molar-refractivity contribution in [1.29, 1.82) is 0 Å². The third-order valence-corrected chi connectivity index (χ3v) is 4.15. The van der Waals surface area contributed by atoms with Crippen molar-refractivity contribution >= 4 is 23.4 Å². The van der Waals surface area contributed by atoms with Crippen LogP contribution in [0.4, 0.5) is 13.2 Å². The smallest absolute Gasteiger partial charge is 0.420 e. The van der Waals surface area contributed by atoms with E-state index in [1.54, 1.807) is 12.1 Å². The van der Waals surface area contributed by atoms with E-state index in [4.69, 9.17) is 4.74 Å². The largest absolute Gasteiger partial charge is 0.479 e. The van der Waals surface area contributed by atoms with Crippen LogP contribution in [0.3, 0.4) is 0 Å². The zero-order valence-electron chi connectivity index (χ0n) is 13.7. The molecule has 0 spiro atoms. The lowest BCUT2D eigenvalue weighted by Crippen LogP contribution is -2.33. The maximum atomic E-state index is 13.3. The monoisotopic (exact) mass is 401 g/mol. The predicted octanol–water partition coefficient (Wildman–Crippen LogP) is 2.83. The minimum atomic E-state index is -4.65. The zero-order valence-corrected chi connectivity index (χ0v) is 14.6. The van der Waals surface area contributed by atoms with E-state index in [-0.39, 0.29) is 24.1 Å². The lowest BCUT2D eigenvalue weighted by Gasteiger charge is -2.23. The van der Waals surface area contributed by atoms with Crippen molar-refractivity contribution in [2.75, 3.05) is 19.7 Å². The Balaban J connectivity index is 0.00000210. The molecule has 0 aromatic carbocycles. The number of aromatic amines is 1. The molecule has 1 unspecified atom stereocenters. The highest BCUT2D eigenvalue weighted by atomic mass is 35.5. The summed E-state index contributed by atoms with van der Waals surface area (Å²) in [5.41, 5.74) is -0.147. The molecule has 1 aliphatic rings. The molecule has 0 radical (unpaired) electrons. The Labute approximate surface area is 157 Å². The average molecular weight is 402 g/mol. The number of hydrogen-bond donors (Lipinski definition) is 3.